The summed E-state index contributed by atoms with van der Waals surface area (Å²) in [4.78, 5) is 10.7. The van der Waals surface area contributed by atoms with Crippen molar-refractivity contribution >= 4 is 92.5 Å². The molecule has 0 N–H and O–H groups in total. The third-order valence-corrected chi connectivity index (χ3v) is 26.8. The summed E-state index contributed by atoms with van der Waals surface area (Å²) in [5, 5.41) is 15.4. The summed E-state index contributed by atoms with van der Waals surface area (Å²) in [5.41, 5.74) is 35.7. The molecule has 1 aliphatic carbocycles. The lowest BCUT2D eigenvalue weighted by molar-refractivity contribution is -0.659. The predicted molar refractivity (Wildman–Crippen MR) is 549 cm³/mol. The second-order valence-electron chi connectivity index (χ2n) is 36.5. The van der Waals surface area contributed by atoms with Crippen molar-refractivity contribution in [2.45, 2.75) is 95.4 Å². The molecule has 0 spiro atoms. The Hall–Kier alpha value is -15.9. The summed E-state index contributed by atoms with van der Waals surface area (Å²) < 4.78 is 53.1. The lowest BCUT2D eigenvalue weighted by Gasteiger charge is -2.22. The van der Waals surface area contributed by atoms with Crippen molar-refractivity contribution in [1.82, 2.24) is 0 Å². The van der Waals surface area contributed by atoms with Gasteiger partial charge in [-0.25, -0.2) is 55.1 Å². The van der Waals surface area contributed by atoms with Crippen LogP contribution in [0, 0.1) is 113 Å². The SMILES string of the molecule is Cc1cc(C)c(C)c(-c2c3ccc(F)cc3cc[n+]2C)c1.Cc1ccc(C)c(-c2c3ccc(F)cc3cc[n+]2C)c1.Cc1ccccc1-c1c2ccc(F)cc2cc[n+]1C.[C-]#[N+]c1ccc2c(-c3cc(C)cc(C)c3C)[n+](C)ccc2c1.[C-]#[N+]c1ccc2c(-c3cc4c(cc3C)-c3ccccc3C4(C)C)[n+](C)ccc2c1.[C-]#[N+]c1ccc2c(-c3cc4ccccc4cc3C)[n+](C)ccc2c1. The minimum atomic E-state index is -0.197. The molecule has 0 radical (unpaired) electrons. The van der Waals surface area contributed by atoms with Gasteiger partial charge in [-0.1, -0.05) is 170 Å². The molecule has 6 heterocycles. The molecule has 662 valence electrons. The molecule has 0 fully saturated rings. The van der Waals surface area contributed by atoms with Gasteiger partial charge in [-0.2, -0.15) is 0 Å². The van der Waals surface area contributed by atoms with Gasteiger partial charge < -0.3 is 0 Å². The van der Waals surface area contributed by atoms with E-state index in [2.05, 4.69) is 335 Å². The molecule has 6 aromatic heterocycles. The Kier molecular flexibility index (Phi) is 26.3. The summed E-state index contributed by atoms with van der Waals surface area (Å²) in [6, 6.07) is 94.9. The summed E-state index contributed by atoms with van der Waals surface area (Å²) in [7, 11) is 12.3. The van der Waals surface area contributed by atoms with E-state index in [1.54, 1.807) is 18.2 Å². The van der Waals surface area contributed by atoms with Gasteiger partial charge in [0.1, 0.15) is 59.7 Å². The fourth-order valence-electron chi connectivity index (χ4n) is 19.5. The highest BCUT2D eigenvalue weighted by atomic mass is 19.1. The summed E-state index contributed by atoms with van der Waals surface area (Å²) in [5.74, 6) is -0.588. The number of nitrogens with zero attached hydrogens (tertiary/aromatic N) is 9. The van der Waals surface area contributed by atoms with E-state index in [4.69, 9.17) is 19.7 Å². The molecular weight excluding hydrogens is 1660 g/mol. The molecule has 20 aromatic rings. The van der Waals surface area contributed by atoms with Gasteiger partial charge in [-0.3, -0.25) is 0 Å². The lowest BCUT2D eigenvalue weighted by Crippen LogP contribution is -2.31. The molecule has 0 saturated carbocycles. The van der Waals surface area contributed by atoms with Gasteiger partial charge in [0, 0.05) is 52.9 Å². The van der Waals surface area contributed by atoms with Crippen LogP contribution in [0.25, 0.3) is 169 Å². The van der Waals surface area contributed by atoms with Crippen LogP contribution in [0.15, 0.2) is 322 Å². The van der Waals surface area contributed by atoms with Crippen LogP contribution in [0.3, 0.4) is 0 Å². The van der Waals surface area contributed by atoms with Gasteiger partial charge in [-0.15, -0.1) is 0 Å². The first-order chi connectivity index (χ1) is 64.8. The maximum atomic E-state index is 13.5. The van der Waals surface area contributed by atoms with Crippen molar-refractivity contribution in [3.8, 4) is 78.7 Å². The molecule has 12 heteroatoms. The van der Waals surface area contributed by atoms with Crippen LogP contribution in [0.4, 0.5) is 30.2 Å². The molecule has 0 bridgehead atoms. The monoisotopic (exact) mass is 1770 g/mol. The highest BCUT2D eigenvalue weighted by Crippen LogP contribution is 2.51. The zero-order chi connectivity index (χ0) is 95.7. The minimum absolute atomic E-state index is 0.0190. The van der Waals surface area contributed by atoms with Crippen molar-refractivity contribution in [3.63, 3.8) is 0 Å². The highest BCUT2D eigenvalue weighted by Gasteiger charge is 2.37. The van der Waals surface area contributed by atoms with Crippen LogP contribution in [-0.2, 0) is 47.7 Å². The van der Waals surface area contributed by atoms with Gasteiger partial charge in [-0.05, 0) is 295 Å². The van der Waals surface area contributed by atoms with Gasteiger partial charge in [0.05, 0.1) is 74.3 Å². The topological polar surface area (TPSA) is 36.4 Å². The van der Waals surface area contributed by atoms with Gasteiger partial charge in [0.15, 0.2) is 54.2 Å². The second kappa shape index (κ2) is 38.5. The normalized spacial score (nSPS) is 11.5. The molecule has 0 amide bonds. The van der Waals surface area contributed by atoms with E-state index in [0.717, 1.165) is 65.6 Å². The summed E-state index contributed by atoms with van der Waals surface area (Å²) in [6.07, 6.45) is 12.2. The fourth-order valence-corrected chi connectivity index (χ4v) is 19.5. The minimum Gasteiger partial charge on any atom is -0.238 e. The van der Waals surface area contributed by atoms with Crippen molar-refractivity contribution < 1.29 is 40.6 Å². The van der Waals surface area contributed by atoms with E-state index in [-0.39, 0.29) is 22.9 Å². The molecule has 135 heavy (non-hydrogen) atoms. The largest absolute Gasteiger partial charge is 0.238 e. The van der Waals surface area contributed by atoms with Gasteiger partial charge >= 0.3 is 0 Å². The quantitative estimate of drug-likeness (QED) is 0.118. The van der Waals surface area contributed by atoms with Gasteiger partial charge in [0.2, 0.25) is 34.2 Å². The smallest absolute Gasteiger partial charge is 0.220 e. The molecule has 0 saturated heterocycles. The van der Waals surface area contributed by atoms with Crippen LogP contribution in [0.2, 0.25) is 0 Å². The number of benzene rings is 14. The molecule has 0 atom stereocenters. The van der Waals surface area contributed by atoms with E-state index >= 15 is 0 Å². The van der Waals surface area contributed by atoms with Crippen LogP contribution in [-0.4, -0.2) is 0 Å². The van der Waals surface area contributed by atoms with Crippen molar-refractivity contribution in [1.29, 1.82) is 0 Å². The summed E-state index contributed by atoms with van der Waals surface area (Å²) in [6.45, 7) is 49.9. The Labute approximate surface area is 790 Å². The number of halogens is 3. The Morgan fingerprint density at radius 1 is 0.222 bits per heavy atom. The van der Waals surface area contributed by atoms with E-state index < -0.39 is 0 Å². The molecule has 0 unspecified atom stereocenters. The first kappa shape index (κ1) is 92.3. The van der Waals surface area contributed by atoms with E-state index in [9.17, 15) is 13.2 Å². The third kappa shape index (κ3) is 18.6. The maximum absolute atomic E-state index is 13.5. The van der Waals surface area contributed by atoms with Gasteiger partial charge in [0.25, 0.3) is 0 Å². The number of pyridine rings is 6. The Bertz CT molecular complexity index is 8330. The molecule has 1 aliphatic rings. The van der Waals surface area contributed by atoms with Crippen LogP contribution in [0.1, 0.15) is 86.2 Å². The first-order valence-electron chi connectivity index (χ1n) is 45.5. The number of rotatable bonds is 6. The molecule has 21 rings (SSSR count). The van der Waals surface area contributed by atoms with Crippen LogP contribution < -0.4 is 27.4 Å². The van der Waals surface area contributed by atoms with Crippen molar-refractivity contribution in [2.24, 2.45) is 42.3 Å². The van der Waals surface area contributed by atoms with Crippen LogP contribution >= 0.6 is 0 Å². The average Bonchev–Trinajstić information content (AvgIpc) is 1.57. The molecule has 9 nitrogen and oxygen atoms in total. The Morgan fingerprint density at radius 2 is 0.533 bits per heavy atom. The zero-order valence-corrected chi connectivity index (χ0v) is 80.3. The Morgan fingerprint density at radius 3 is 0.933 bits per heavy atom. The zero-order valence-electron chi connectivity index (χ0n) is 80.3. The van der Waals surface area contributed by atoms with E-state index in [0.29, 0.717) is 17.1 Å². The molecule has 0 aliphatic heterocycles. The maximum Gasteiger partial charge on any atom is 0.220 e. The second-order valence-corrected chi connectivity index (χ2v) is 36.5. The number of hydrogen-bond acceptors (Lipinski definition) is 0. The van der Waals surface area contributed by atoms with Crippen molar-refractivity contribution in [3.05, 3.63) is 446 Å². The third-order valence-electron chi connectivity index (χ3n) is 26.8. The standard InChI is InChI=1S/C27H23N2.C22H17N2.C20H19N2.C19H19FN.C18H17FN.C17H15FN/c1-17-14-23-21-8-6-7-9-24(21)27(2,3)25(23)16-22(17)26-20-11-10-19(28-4)15-18(20)12-13-29(26)5;1-15-12-16-6-4-5-7-17(16)14-21(15)22-20-9-8-19(23-2)13-18(20)10-11-24(22)3;1-13-10-14(2)15(3)19(11-13)20-18-7-6-17(21-4)12-16(18)8-9-22(20)5;1-12-9-13(2)14(3)18(10-12)19-17-6-5-16(20)11-15(17)7-8-21(19)4;1-12-4-5-13(2)17(10-12)18-16-7-6-15(19)11-14(16)8-9-20(18)3;1-12-5-3-4-6-15(12)17-16-8-7-14(18)11-13(16)9-10-19(17)2/h6-16H,1-3,5H3;4-14H,1,3H3;6-12H,1-3,5H3;5-11H,1-4H3;4-11H,1-3H3;3-11H,1-2H3/q6*+1. The summed E-state index contributed by atoms with van der Waals surface area (Å²) >= 11 is 0. The average molecular weight is 1770 g/mol. The molecule has 14 aromatic carbocycles. The predicted octanol–water partition coefficient (Wildman–Crippen LogP) is 28.9. The Balaban J connectivity index is 0.000000118. The van der Waals surface area contributed by atoms with E-state index in [1.807, 2.05) is 125 Å². The lowest BCUT2D eigenvalue weighted by atomic mass is 9.81. The number of aryl methyl sites for hydroxylation is 15. The number of aromatic nitrogens is 6. The molecular formula is C123H110F3N9+6. The van der Waals surface area contributed by atoms with Crippen molar-refractivity contribution in [2.75, 3.05) is 0 Å². The first-order valence-corrected chi connectivity index (χ1v) is 45.5. The highest BCUT2D eigenvalue weighted by molar-refractivity contribution is 6.02. The van der Waals surface area contributed by atoms with E-state index in [1.165, 1.54) is 179 Å². The van der Waals surface area contributed by atoms with Crippen LogP contribution in [0.5, 0.6) is 0 Å². The number of hydrogen-bond donors (Lipinski definition) is 0. The number of fused-ring (bicyclic) bond motifs is 10. The fraction of sp³-hybridized carbons (Fsp3) is 0.163.